The van der Waals surface area contributed by atoms with Crippen molar-refractivity contribution in [3.63, 3.8) is 0 Å². The van der Waals surface area contributed by atoms with E-state index < -0.39 is 0 Å². The van der Waals surface area contributed by atoms with Gasteiger partial charge in [-0.3, -0.25) is 4.90 Å². The van der Waals surface area contributed by atoms with E-state index in [1.807, 2.05) is 0 Å². The third kappa shape index (κ3) is 4.71. The molecule has 112 valence electrons. The summed E-state index contributed by atoms with van der Waals surface area (Å²) in [4.78, 5) is 5.12. The highest BCUT2D eigenvalue weighted by molar-refractivity contribution is 4.87. The molecule has 0 aromatic heterocycles. The van der Waals surface area contributed by atoms with Crippen LogP contribution in [0.1, 0.15) is 26.7 Å². The molecule has 0 aromatic carbocycles. The Morgan fingerprint density at radius 3 is 2.68 bits per heavy atom. The van der Waals surface area contributed by atoms with E-state index in [-0.39, 0.29) is 5.54 Å². The van der Waals surface area contributed by atoms with Gasteiger partial charge in [-0.15, -0.1) is 0 Å². The minimum atomic E-state index is 0.270. The van der Waals surface area contributed by atoms with Crippen LogP contribution in [0, 0.1) is 5.92 Å². The van der Waals surface area contributed by atoms with Crippen LogP contribution in [0.15, 0.2) is 0 Å². The summed E-state index contributed by atoms with van der Waals surface area (Å²) in [6.07, 6.45) is 2.57. The molecule has 0 radical (unpaired) electrons. The Balaban J connectivity index is 1.77. The molecule has 1 N–H and O–H groups in total. The molecule has 0 saturated carbocycles. The van der Waals surface area contributed by atoms with Gasteiger partial charge in [0, 0.05) is 51.4 Å². The maximum Gasteiger partial charge on any atom is 0.0506 e. The molecule has 0 aromatic rings. The van der Waals surface area contributed by atoms with Crippen molar-refractivity contribution in [3.8, 4) is 0 Å². The van der Waals surface area contributed by atoms with Gasteiger partial charge < -0.3 is 15.0 Å². The van der Waals surface area contributed by atoms with E-state index in [1.165, 1.54) is 32.5 Å². The molecular weight excluding hydrogens is 238 g/mol. The van der Waals surface area contributed by atoms with Crippen LogP contribution in [-0.2, 0) is 4.74 Å². The highest BCUT2D eigenvalue weighted by Gasteiger charge is 2.29. The van der Waals surface area contributed by atoms with E-state index in [1.54, 1.807) is 0 Å². The van der Waals surface area contributed by atoms with Gasteiger partial charge in [-0.2, -0.15) is 0 Å². The van der Waals surface area contributed by atoms with Gasteiger partial charge in [-0.05, 0) is 39.7 Å². The molecule has 0 aliphatic carbocycles. The summed E-state index contributed by atoms with van der Waals surface area (Å²) in [7, 11) is 2.26. The number of nitrogens with zero attached hydrogens (tertiary/aromatic N) is 2. The van der Waals surface area contributed by atoms with Gasteiger partial charge in [-0.25, -0.2) is 0 Å². The summed E-state index contributed by atoms with van der Waals surface area (Å²) in [5, 5.41) is 3.43. The molecule has 1 atom stereocenters. The van der Waals surface area contributed by atoms with Gasteiger partial charge in [0.15, 0.2) is 0 Å². The van der Waals surface area contributed by atoms with Crippen LogP contribution < -0.4 is 5.32 Å². The summed E-state index contributed by atoms with van der Waals surface area (Å²) in [5.41, 5.74) is 0.270. The molecule has 2 saturated heterocycles. The molecule has 4 nitrogen and oxygen atoms in total. The third-order valence-electron chi connectivity index (χ3n) is 4.45. The quantitative estimate of drug-likeness (QED) is 0.807. The van der Waals surface area contributed by atoms with Crippen LogP contribution in [0.2, 0.25) is 0 Å². The first-order valence-electron chi connectivity index (χ1n) is 7.80. The number of hydrogen-bond donors (Lipinski definition) is 1. The fraction of sp³-hybridized carbons (Fsp3) is 1.00. The third-order valence-corrected chi connectivity index (χ3v) is 4.45. The molecule has 2 heterocycles. The minimum Gasteiger partial charge on any atom is -0.381 e. The van der Waals surface area contributed by atoms with Crippen LogP contribution >= 0.6 is 0 Å². The number of likely N-dealkylation sites (N-methyl/N-ethyl adjacent to an activating group) is 1. The summed E-state index contributed by atoms with van der Waals surface area (Å²) in [5.74, 6) is 0.734. The van der Waals surface area contributed by atoms with E-state index in [2.05, 4.69) is 36.0 Å². The van der Waals surface area contributed by atoms with Crippen molar-refractivity contribution in [3.05, 3.63) is 0 Å². The maximum atomic E-state index is 5.58. The summed E-state index contributed by atoms with van der Waals surface area (Å²) < 4.78 is 5.58. The predicted octanol–water partition coefficient (Wildman–Crippen LogP) is 1.03. The zero-order valence-electron chi connectivity index (χ0n) is 13.0. The SMILES string of the molecule is CN(CC1CCCOC1)CC(C)(C)N1CCNCC1. The Kier molecular flexibility index (Phi) is 5.63. The molecule has 2 rings (SSSR count). The van der Waals surface area contributed by atoms with Gasteiger partial charge in [0.25, 0.3) is 0 Å². The maximum absolute atomic E-state index is 5.58. The first-order valence-corrected chi connectivity index (χ1v) is 7.80. The highest BCUT2D eigenvalue weighted by Crippen LogP contribution is 2.19. The fourth-order valence-corrected chi connectivity index (χ4v) is 3.49. The summed E-state index contributed by atoms with van der Waals surface area (Å²) in [6, 6.07) is 0. The molecule has 2 aliphatic heterocycles. The second-order valence-electron chi connectivity index (χ2n) is 6.83. The molecule has 0 amide bonds. The molecule has 4 heteroatoms. The van der Waals surface area contributed by atoms with Gasteiger partial charge in [0.05, 0.1) is 6.61 Å². The molecule has 19 heavy (non-hydrogen) atoms. The molecule has 2 aliphatic rings. The monoisotopic (exact) mass is 269 g/mol. The highest BCUT2D eigenvalue weighted by atomic mass is 16.5. The van der Waals surface area contributed by atoms with Gasteiger partial charge in [-0.1, -0.05) is 0 Å². The fourth-order valence-electron chi connectivity index (χ4n) is 3.49. The number of nitrogens with one attached hydrogen (secondary N) is 1. The van der Waals surface area contributed by atoms with Gasteiger partial charge in [0.2, 0.25) is 0 Å². The van der Waals surface area contributed by atoms with E-state index in [9.17, 15) is 0 Å². The van der Waals surface area contributed by atoms with Crippen LogP contribution in [0.4, 0.5) is 0 Å². The average Bonchev–Trinajstić information content (AvgIpc) is 2.40. The van der Waals surface area contributed by atoms with Crippen LogP contribution in [0.3, 0.4) is 0 Å². The van der Waals surface area contributed by atoms with Crippen molar-refractivity contribution in [1.82, 2.24) is 15.1 Å². The van der Waals surface area contributed by atoms with E-state index in [0.717, 1.165) is 38.8 Å². The number of piperazine rings is 1. The lowest BCUT2D eigenvalue weighted by atomic mass is 9.98. The normalized spacial score (nSPS) is 26.8. The first kappa shape index (κ1) is 15.2. The van der Waals surface area contributed by atoms with Crippen molar-refractivity contribution >= 4 is 0 Å². The molecule has 0 bridgehead atoms. The molecule has 2 fully saturated rings. The van der Waals surface area contributed by atoms with Gasteiger partial charge >= 0.3 is 0 Å². The van der Waals surface area contributed by atoms with Crippen LogP contribution in [-0.4, -0.2) is 74.9 Å². The molecule has 1 unspecified atom stereocenters. The Labute approximate surface area is 118 Å². The zero-order valence-corrected chi connectivity index (χ0v) is 13.0. The Morgan fingerprint density at radius 2 is 2.05 bits per heavy atom. The van der Waals surface area contributed by atoms with E-state index in [4.69, 9.17) is 4.74 Å². The van der Waals surface area contributed by atoms with Crippen molar-refractivity contribution in [2.45, 2.75) is 32.2 Å². The smallest absolute Gasteiger partial charge is 0.0506 e. The van der Waals surface area contributed by atoms with Crippen molar-refractivity contribution < 1.29 is 4.74 Å². The topological polar surface area (TPSA) is 27.7 Å². The first-order chi connectivity index (χ1) is 9.08. The summed E-state index contributed by atoms with van der Waals surface area (Å²) in [6.45, 7) is 13.6. The lowest BCUT2D eigenvalue weighted by molar-refractivity contribution is 0.0263. The number of hydrogen-bond acceptors (Lipinski definition) is 4. The second kappa shape index (κ2) is 7.02. The molecule has 0 spiro atoms. The minimum absolute atomic E-state index is 0.270. The van der Waals surface area contributed by atoms with E-state index in [0.29, 0.717) is 0 Å². The zero-order chi connectivity index (χ0) is 13.7. The van der Waals surface area contributed by atoms with Gasteiger partial charge in [0.1, 0.15) is 0 Å². The lowest BCUT2D eigenvalue weighted by Gasteiger charge is -2.43. The van der Waals surface area contributed by atoms with E-state index >= 15 is 0 Å². The Hall–Kier alpha value is -0.160. The predicted molar refractivity (Wildman–Crippen MR) is 79.6 cm³/mol. The number of ether oxygens (including phenoxy) is 1. The van der Waals surface area contributed by atoms with Crippen molar-refractivity contribution in [1.29, 1.82) is 0 Å². The van der Waals surface area contributed by atoms with Crippen LogP contribution in [0.25, 0.3) is 0 Å². The van der Waals surface area contributed by atoms with Crippen molar-refractivity contribution in [2.75, 3.05) is 59.5 Å². The Morgan fingerprint density at radius 1 is 1.32 bits per heavy atom. The summed E-state index contributed by atoms with van der Waals surface area (Å²) >= 11 is 0. The second-order valence-corrected chi connectivity index (χ2v) is 6.83. The number of rotatable bonds is 5. The van der Waals surface area contributed by atoms with Crippen molar-refractivity contribution in [2.24, 2.45) is 5.92 Å². The lowest BCUT2D eigenvalue weighted by Crippen LogP contribution is -2.57. The standard InChI is InChI=1S/C15H31N3O/c1-15(2,18-8-6-16-7-9-18)13-17(3)11-14-5-4-10-19-12-14/h14,16H,4-13H2,1-3H3. The van der Waals surface area contributed by atoms with Crippen LogP contribution in [0.5, 0.6) is 0 Å². The average molecular weight is 269 g/mol. The largest absolute Gasteiger partial charge is 0.381 e. The Bertz CT molecular complexity index is 258. The molecular formula is C15H31N3O.